The number of hydrogen-bond acceptors (Lipinski definition) is 5. The summed E-state index contributed by atoms with van der Waals surface area (Å²) in [5.41, 5.74) is 6.13. The molecular weight excluding hydrogens is 232 g/mol. The van der Waals surface area contributed by atoms with Crippen molar-refractivity contribution in [3.8, 4) is 0 Å². The molecule has 0 radical (unpaired) electrons. The number of thiazole rings is 1. The largest absolute Gasteiger partial charge is 0.271 e. The Bertz CT molecular complexity index is 495. The number of rotatable bonds is 4. The Hall–Kier alpha value is -1.30. The Morgan fingerprint density at radius 1 is 1.41 bits per heavy atom. The standard InChI is InChI=1S/C12H16N4S/c1-8-3-10(6-14-5-8)12(16-13)4-11-7-17-9(2)15-11/h3,5-7,12,16H,4,13H2,1-2H3. The van der Waals surface area contributed by atoms with Gasteiger partial charge in [-0.05, 0) is 25.0 Å². The van der Waals surface area contributed by atoms with E-state index in [1.54, 1.807) is 11.3 Å². The molecule has 1 unspecified atom stereocenters. The van der Waals surface area contributed by atoms with Gasteiger partial charge >= 0.3 is 0 Å². The molecule has 17 heavy (non-hydrogen) atoms. The van der Waals surface area contributed by atoms with Crippen LogP contribution in [0.3, 0.4) is 0 Å². The smallest absolute Gasteiger partial charge is 0.0897 e. The molecule has 0 aliphatic carbocycles. The molecule has 4 nitrogen and oxygen atoms in total. The third-order valence-corrected chi connectivity index (χ3v) is 3.40. The van der Waals surface area contributed by atoms with E-state index in [-0.39, 0.29) is 6.04 Å². The van der Waals surface area contributed by atoms with Gasteiger partial charge < -0.3 is 0 Å². The summed E-state index contributed by atoms with van der Waals surface area (Å²) in [5.74, 6) is 5.61. The highest BCUT2D eigenvalue weighted by Crippen LogP contribution is 2.19. The summed E-state index contributed by atoms with van der Waals surface area (Å²) in [6.45, 7) is 4.03. The maximum absolute atomic E-state index is 5.61. The molecule has 2 rings (SSSR count). The molecule has 0 amide bonds. The van der Waals surface area contributed by atoms with Gasteiger partial charge in [-0.3, -0.25) is 16.3 Å². The quantitative estimate of drug-likeness (QED) is 0.641. The Morgan fingerprint density at radius 3 is 2.82 bits per heavy atom. The van der Waals surface area contributed by atoms with Crippen molar-refractivity contribution in [1.82, 2.24) is 15.4 Å². The molecule has 0 bridgehead atoms. The number of aromatic nitrogens is 2. The fourth-order valence-electron chi connectivity index (χ4n) is 1.75. The Kier molecular flexibility index (Phi) is 3.83. The summed E-state index contributed by atoms with van der Waals surface area (Å²) in [5, 5.41) is 3.15. The van der Waals surface area contributed by atoms with E-state index in [0.29, 0.717) is 0 Å². The predicted octanol–water partition coefficient (Wildman–Crippen LogP) is 1.90. The summed E-state index contributed by atoms with van der Waals surface area (Å²) < 4.78 is 0. The molecule has 2 aromatic rings. The van der Waals surface area contributed by atoms with Gasteiger partial charge in [0.15, 0.2) is 0 Å². The van der Waals surface area contributed by atoms with E-state index in [9.17, 15) is 0 Å². The summed E-state index contributed by atoms with van der Waals surface area (Å²) in [6, 6.07) is 2.15. The van der Waals surface area contributed by atoms with Crippen LogP contribution in [0.15, 0.2) is 23.8 Å². The lowest BCUT2D eigenvalue weighted by Crippen LogP contribution is -2.29. The normalized spacial score (nSPS) is 12.6. The number of nitrogens with two attached hydrogens (primary N) is 1. The maximum Gasteiger partial charge on any atom is 0.0897 e. The molecule has 0 aromatic carbocycles. The van der Waals surface area contributed by atoms with Crippen LogP contribution in [0.25, 0.3) is 0 Å². The van der Waals surface area contributed by atoms with Crippen molar-refractivity contribution in [2.75, 3.05) is 0 Å². The highest BCUT2D eigenvalue weighted by molar-refractivity contribution is 7.09. The molecule has 5 heteroatoms. The SMILES string of the molecule is Cc1cncc(C(Cc2csc(C)n2)NN)c1. The van der Waals surface area contributed by atoms with E-state index in [4.69, 9.17) is 5.84 Å². The van der Waals surface area contributed by atoms with Crippen molar-refractivity contribution in [2.24, 2.45) is 5.84 Å². The summed E-state index contributed by atoms with van der Waals surface area (Å²) in [6.07, 6.45) is 4.47. The molecule has 1 atom stereocenters. The number of nitrogens with one attached hydrogen (secondary N) is 1. The van der Waals surface area contributed by atoms with Crippen LogP contribution in [-0.2, 0) is 6.42 Å². The van der Waals surface area contributed by atoms with E-state index in [1.807, 2.05) is 26.2 Å². The lowest BCUT2D eigenvalue weighted by Gasteiger charge is -2.15. The van der Waals surface area contributed by atoms with Crippen LogP contribution in [0.4, 0.5) is 0 Å². The van der Waals surface area contributed by atoms with Gasteiger partial charge in [0, 0.05) is 24.2 Å². The van der Waals surface area contributed by atoms with E-state index in [1.165, 1.54) is 0 Å². The zero-order chi connectivity index (χ0) is 12.3. The number of hydrogen-bond donors (Lipinski definition) is 2. The molecule has 2 heterocycles. The number of pyridine rings is 1. The fourth-order valence-corrected chi connectivity index (χ4v) is 2.38. The average molecular weight is 248 g/mol. The minimum atomic E-state index is 0.0592. The molecule has 3 N–H and O–H groups in total. The van der Waals surface area contributed by atoms with Crippen molar-refractivity contribution in [3.63, 3.8) is 0 Å². The first kappa shape index (κ1) is 12.2. The highest BCUT2D eigenvalue weighted by Gasteiger charge is 2.12. The first-order valence-electron chi connectivity index (χ1n) is 5.47. The second kappa shape index (κ2) is 5.35. The minimum Gasteiger partial charge on any atom is -0.271 e. The van der Waals surface area contributed by atoms with Gasteiger partial charge in [-0.2, -0.15) is 0 Å². The highest BCUT2D eigenvalue weighted by atomic mass is 32.1. The van der Waals surface area contributed by atoms with Gasteiger partial charge in [0.05, 0.1) is 16.7 Å². The molecule has 2 aromatic heterocycles. The van der Waals surface area contributed by atoms with Crippen molar-refractivity contribution in [2.45, 2.75) is 26.3 Å². The van der Waals surface area contributed by atoms with Gasteiger partial charge in [0.1, 0.15) is 0 Å². The van der Waals surface area contributed by atoms with Crippen molar-refractivity contribution in [1.29, 1.82) is 0 Å². The van der Waals surface area contributed by atoms with Gasteiger partial charge in [-0.25, -0.2) is 4.98 Å². The maximum atomic E-state index is 5.61. The average Bonchev–Trinajstić information content (AvgIpc) is 2.72. The number of nitrogens with zero attached hydrogens (tertiary/aromatic N) is 2. The van der Waals surface area contributed by atoms with E-state index in [2.05, 4.69) is 26.8 Å². The van der Waals surface area contributed by atoms with Crippen LogP contribution in [0.1, 0.15) is 27.9 Å². The predicted molar refractivity (Wildman–Crippen MR) is 69.6 cm³/mol. The third kappa shape index (κ3) is 3.09. The Labute approximate surface area is 105 Å². The lowest BCUT2D eigenvalue weighted by atomic mass is 10.0. The van der Waals surface area contributed by atoms with Crippen LogP contribution < -0.4 is 11.3 Å². The molecule has 0 fully saturated rings. The number of aryl methyl sites for hydroxylation is 2. The monoisotopic (exact) mass is 248 g/mol. The molecule has 0 saturated carbocycles. The molecule has 0 aliphatic rings. The summed E-state index contributed by atoms with van der Waals surface area (Å²) in [7, 11) is 0. The topological polar surface area (TPSA) is 63.8 Å². The van der Waals surface area contributed by atoms with E-state index < -0.39 is 0 Å². The molecule has 0 saturated heterocycles. The second-order valence-corrected chi connectivity index (χ2v) is 5.14. The second-order valence-electron chi connectivity index (χ2n) is 4.08. The minimum absolute atomic E-state index is 0.0592. The van der Waals surface area contributed by atoms with Gasteiger partial charge in [0.25, 0.3) is 0 Å². The Balaban J connectivity index is 2.16. The fraction of sp³-hybridized carbons (Fsp3) is 0.333. The third-order valence-electron chi connectivity index (χ3n) is 2.58. The zero-order valence-corrected chi connectivity index (χ0v) is 10.8. The summed E-state index contributed by atoms with van der Waals surface area (Å²) >= 11 is 1.66. The van der Waals surface area contributed by atoms with Crippen molar-refractivity contribution >= 4 is 11.3 Å². The first-order valence-corrected chi connectivity index (χ1v) is 6.35. The van der Waals surface area contributed by atoms with Crippen LogP contribution >= 0.6 is 11.3 Å². The Morgan fingerprint density at radius 2 is 2.24 bits per heavy atom. The molecule has 0 spiro atoms. The molecular formula is C12H16N4S. The number of hydrazine groups is 1. The van der Waals surface area contributed by atoms with Crippen molar-refractivity contribution < 1.29 is 0 Å². The molecule has 0 aliphatic heterocycles. The van der Waals surface area contributed by atoms with Crippen LogP contribution in [0, 0.1) is 13.8 Å². The zero-order valence-electron chi connectivity index (χ0n) is 9.97. The van der Waals surface area contributed by atoms with Crippen molar-refractivity contribution in [3.05, 3.63) is 45.7 Å². The summed E-state index contributed by atoms with van der Waals surface area (Å²) in [4.78, 5) is 8.64. The first-order chi connectivity index (χ1) is 8.19. The van der Waals surface area contributed by atoms with E-state index >= 15 is 0 Å². The van der Waals surface area contributed by atoms with E-state index in [0.717, 1.165) is 28.2 Å². The lowest BCUT2D eigenvalue weighted by molar-refractivity contribution is 0.545. The van der Waals surface area contributed by atoms with Crippen LogP contribution in [0.5, 0.6) is 0 Å². The van der Waals surface area contributed by atoms with Crippen LogP contribution in [0.2, 0.25) is 0 Å². The van der Waals surface area contributed by atoms with Gasteiger partial charge in [0.2, 0.25) is 0 Å². The van der Waals surface area contributed by atoms with Crippen LogP contribution in [-0.4, -0.2) is 9.97 Å². The van der Waals surface area contributed by atoms with Gasteiger partial charge in [-0.15, -0.1) is 11.3 Å². The molecule has 90 valence electrons. The van der Waals surface area contributed by atoms with Gasteiger partial charge in [-0.1, -0.05) is 6.07 Å².